The van der Waals surface area contributed by atoms with Gasteiger partial charge in [0.1, 0.15) is 0 Å². The second kappa shape index (κ2) is 6.16. The van der Waals surface area contributed by atoms with E-state index < -0.39 is 16.0 Å². The Hall–Kier alpha value is -1.40. The number of aliphatic carboxylic acids is 1. The van der Waals surface area contributed by atoms with Crippen molar-refractivity contribution in [2.24, 2.45) is 0 Å². The third-order valence-corrected chi connectivity index (χ3v) is 4.73. The smallest absolute Gasteiger partial charge is 0.304 e. The monoisotopic (exact) mass is 285 g/mol. The summed E-state index contributed by atoms with van der Waals surface area (Å²) in [6.45, 7) is 3.93. The summed E-state index contributed by atoms with van der Waals surface area (Å²) in [6, 6.07) is 6.74. The molecule has 0 bridgehead atoms. The minimum Gasteiger partial charge on any atom is -0.481 e. The zero-order valence-electron chi connectivity index (χ0n) is 11.3. The maximum Gasteiger partial charge on any atom is 0.304 e. The highest BCUT2D eigenvalue weighted by molar-refractivity contribution is 7.89. The van der Waals surface area contributed by atoms with Gasteiger partial charge in [0.25, 0.3) is 0 Å². The molecule has 0 atom stereocenters. The molecule has 6 heteroatoms. The molecule has 0 heterocycles. The van der Waals surface area contributed by atoms with E-state index in [9.17, 15) is 13.2 Å². The van der Waals surface area contributed by atoms with Crippen LogP contribution < -0.4 is 0 Å². The predicted octanol–water partition coefficient (Wildman–Crippen LogP) is 1.91. The summed E-state index contributed by atoms with van der Waals surface area (Å²) in [5.41, 5.74) is 0.938. The summed E-state index contributed by atoms with van der Waals surface area (Å²) in [7, 11) is -2.23. The molecule has 0 aliphatic rings. The van der Waals surface area contributed by atoms with Crippen LogP contribution in [0.15, 0.2) is 29.2 Å². The number of carboxylic acid groups (broad SMARTS) is 1. The molecule has 106 valence electrons. The van der Waals surface area contributed by atoms with Gasteiger partial charge in [0.05, 0.1) is 11.3 Å². The minimum atomic E-state index is -3.62. The molecule has 0 radical (unpaired) electrons. The Morgan fingerprint density at radius 1 is 1.37 bits per heavy atom. The molecule has 0 saturated heterocycles. The molecule has 19 heavy (non-hydrogen) atoms. The molecular formula is C13H19NO4S. The van der Waals surface area contributed by atoms with Crippen molar-refractivity contribution in [2.75, 3.05) is 13.6 Å². The topological polar surface area (TPSA) is 74.7 Å². The fraction of sp³-hybridized carbons (Fsp3) is 0.462. The van der Waals surface area contributed by atoms with E-state index in [4.69, 9.17) is 5.11 Å². The van der Waals surface area contributed by atoms with Crippen molar-refractivity contribution in [3.63, 3.8) is 0 Å². The molecule has 0 aliphatic heterocycles. The van der Waals surface area contributed by atoms with E-state index in [0.717, 1.165) is 9.87 Å². The molecular weight excluding hydrogens is 266 g/mol. The van der Waals surface area contributed by atoms with Crippen LogP contribution >= 0.6 is 0 Å². The number of benzene rings is 1. The molecule has 1 aromatic carbocycles. The molecule has 0 aromatic heterocycles. The number of hydrogen-bond acceptors (Lipinski definition) is 3. The third kappa shape index (κ3) is 4.04. The summed E-state index contributed by atoms with van der Waals surface area (Å²) in [4.78, 5) is 10.7. The van der Waals surface area contributed by atoms with Crippen LogP contribution in [-0.4, -0.2) is 37.4 Å². The SMILES string of the molecule is CC(C)c1cccc(S(=O)(=O)N(C)CCC(=O)O)c1. The van der Waals surface area contributed by atoms with E-state index in [0.29, 0.717) is 0 Å². The van der Waals surface area contributed by atoms with Gasteiger partial charge in [-0.15, -0.1) is 0 Å². The second-order valence-corrected chi connectivity index (χ2v) is 6.74. The molecule has 1 N–H and O–H groups in total. The van der Waals surface area contributed by atoms with Gasteiger partial charge >= 0.3 is 5.97 Å². The van der Waals surface area contributed by atoms with Gasteiger partial charge < -0.3 is 5.11 Å². The molecule has 0 unspecified atom stereocenters. The van der Waals surface area contributed by atoms with Crippen LogP contribution in [0.5, 0.6) is 0 Å². The van der Waals surface area contributed by atoms with E-state index in [1.165, 1.54) is 13.1 Å². The summed E-state index contributed by atoms with van der Waals surface area (Å²) in [5.74, 6) is -0.780. The second-order valence-electron chi connectivity index (χ2n) is 4.70. The maximum absolute atomic E-state index is 12.3. The van der Waals surface area contributed by atoms with Crippen LogP contribution in [0.4, 0.5) is 0 Å². The summed E-state index contributed by atoms with van der Waals surface area (Å²) in [6.07, 6.45) is -0.209. The first kappa shape index (κ1) is 15.7. The molecule has 0 saturated carbocycles. The van der Waals surface area contributed by atoms with Crippen LogP contribution in [0.25, 0.3) is 0 Å². The number of carbonyl (C=O) groups is 1. The van der Waals surface area contributed by atoms with E-state index in [1.807, 2.05) is 19.9 Å². The van der Waals surface area contributed by atoms with E-state index >= 15 is 0 Å². The lowest BCUT2D eigenvalue weighted by Crippen LogP contribution is -2.29. The molecule has 0 aliphatic carbocycles. The Morgan fingerprint density at radius 2 is 2.00 bits per heavy atom. The lowest BCUT2D eigenvalue weighted by atomic mass is 10.0. The van der Waals surface area contributed by atoms with Gasteiger partial charge in [0.15, 0.2) is 0 Å². The Bertz CT molecular complexity index is 552. The molecule has 1 aromatic rings. The first-order chi connectivity index (χ1) is 8.75. The van der Waals surface area contributed by atoms with E-state index in [-0.39, 0.29) is 23.8 Å². The van der Waals surface area contributed by atoms with Gasteiger partial charge in [0.2, 0.25) is 10.0 Å². The van der Waals surface area contributed by atoms with E-state index in [2.05, 4.69) is 0 Å². The first-order valence-electron chi connectivity index (χ1n) is 6.03. The van der Waals surface area contributed by atoms with Crippen LogP contribution in [0.1, 0.15) is 31.7 Å². The van der Waals surface area contributed by atoms with Gasteiger partial charge in [0, 0.05) is 13.6 Å². The summed E-state index contributed by atoms with van der Waals surface area (Å²) >= 11 is 0. The van der Waals surface area contributed by atoms with Crippen molar-refractivity contribution < 1.29 is 18.3 Å². The highest BCUT2D eigenvalue weighted by atomic mass is 32.2. The van der Waals surface area contributed by atoms with Crippen molar-refractivity contribution in [2.45, 2.75) is 31.1 Å². The molecule has 1 rings (SSSR count). The Balaban J connectivity index is 2.99. The maximum atomic E-state index is 12.3. The fourth-order valence-electron chi connectivity index (χ4n) is 1.59. The van der Waals surface area contributed by atoms with Gasteiger partial charge in [-0.2, -0.15) is 0 Å². The molecule has 5 nitrogen and oxygen atoms in total. The normalized spacial score (nSPS) is 12.1. The molecule has 0 spiro atoms. The lowest BCUT2D eigenvalue weighted by Gasteiger charge is -2.17. The minimum absolute atomic E-state index is 0.0381. The molecule has 0 amide bonds. The standard InChI is InChI=1S/C13H19NO4S/c1-10(2)11-5-4-6-12(9-11)19(17,18)14(3)8-7-13(15)16/h4-6,9-10H,7-8H2,1-3H3,(H,15,16). The van der Waals surface area contributed by atoms with Gasteiger partial charge in [-0.25, -0.2) is 12.7 Å². The van der Waals surface area contributed by atoms with Crippen molar-refractivity contribution in [3.8, 4) is 0 Å². The van der Waals surface area contributed by atoms with Gasteiger partial charge in [-0.1, -0.05) is 26.0 Å². The number of nitrogens with zero attached hydrogens (tertiary/aromatic N) is 1. The van der Waals surface area contributed by atoms with Crippen molar-refractivity contribution in [3.05, 3.63) is 29.8 Å². The van der Waals surface area contributed by atoms with Crippen molar-refractivity contribution in [1.82, 2.24) is 4.31 Å². The quantitative estimate of drug-likeness (QED) is 0.866. The van der Waals surface area contributed by atoms with Crippen LogP contribution in [0.3, 0.4) is 0 Å². The van der Waals surface area contributed by atoms with Crippen molar-refractivity contribution >= 4 is 16.0 Å². The first-order valence-corrected chi connectivity index (χ1v) is 7.47. The Morgan fingerprint density at radius 3 is 2.53 bits per heavy atom. The van der Waals surface area contributed by atoms with Crippen LogP contribution in [0, 0.1) is 0 Å². The zero-order chi connectivity index (χ0) is 14.6. The predicted molar refractivity (Wildman–Crippen MR) is 72.6 cm³/mol. The number of hydrogen-bond donors (Lipinski definition) is 1. The van der Waals surface area contributed by atoms with E-state index in [1.54, 1.807) is 12.1 Å². The summed E-state index contributed by atoms with van der Waals surface area (Å²) in [5, 5.41) is 8.59. The average molecular weight is 285 g/mol. The molecule has 0 fully saturated rings. The van der Waals surface area contributed by atoms with Crippen LogP contribution in [-0.2, 0) is 14.8 Å². The zero-order valence-corrected chi connectivity index (χ0v) is 12.1. The third-order valence-electron chi connectivity index (χ3n) is 2.87. The fourth-order valence-corrected chi connectivity index (χ4v) is 2.81. The number of carboxylic acids is 1. The highest BCUT2D eigenvalue weighted by Gasteiger charge is 2.21. The van der Waals surface area contributed by atoms with Gasteiger partial charge in [-0.3, -0.25) is 4.79 Å². The van der Waals surface area contributed by atoms with Crippen molar-refractivity contribution in [1.29, 1.82) is 0 Å². The highest BCUT2D eigenvalue weighted by Crippen LogP contribution is 2.20. The summed E-state index contributed by atoms with van der Waals surface area (Å²) < 4.78 is 25.6. The Kier molecular flexibility index (Phi) is 5.08. The van der Waals surface area contributed by atoms with Crippen LogP contribution in [0.2, 0.25) is 0 Å². The largest absolute Gasteiger partial charge is 0.481 e. The average Bonchev–Trinajstić information content (AvgIpc) is 2.35. The number of rotatable bonds is 6. The Labute approximate surface area is 113 Å². The number of sulfonamides is 1. The lowest BCUT2D eigenvalue weighted by molar-refractivity contribution is -0.137. The van der Waals surface area contributed by atoms with Gasteiger partial charge in [-0.05, 0) is 23.6 Å².